The van der Waals surface area contributed by atoms with Crippen LogP contribution in [0.1, 0.15) is 20.0 Å². The number of hydrogen-bond acceptors (Lipinski definition) is 3. The third-order valence-electron chi connectivity index (χ3n) is 1.07. The Hall–Kier alpha value is -0.680. The van der Waals surface area contributed by atoms with E-state index < -0.39 is 5.97 Å². The molecule has 0 amide bonds. The maximum atomic E-state index is 10.4. The number of carboxylic acid groups (broad SMARTS) is 1. The number of carbonyl (C=O) groups excluding carboxylic acids is 1. The fraction of sp³-hybridized carbons (Fsp3) is 0. The molecule has 0 radical (unpaired) electrons. The molecule has 0 bridgehead atoms. The van der Waals surface area contributed by atoms with Gasteiger partial charge in [0.1, 0.15) is 0 Å². The third kappa shape index (κ3) is 1.66. The second-order valence-corrected chi connectivity index (χ2v) is 4.21. The van der Waals surface area contributed by atoms with Gasteiger partial charge in [-0.15, -0.1) is 11.3 Å². The van der Waals surface area contributed by atoms with Crippen LogP contribution >= 0.6 is 27.3 Å². The number of thiophene rings is 1. The lowest BCUT2D eigenvalue weighted by Gasteiger charge is -1.85. The van der Waals surface area contributed by atoms with Crippen molar-refractivity contribution in [1.29, 1.82) is 0 Å². The van der Waals surface area contributed by atoms with E-state index in [9.17, 15) is 9.59 Å². The van der Waals surface area contributed by atoms with Crippen molar-refractivity contribution >= 4 is 39.5 Å². The van der Waals surface area contributed by atoms with Crippen molar-refractivity contribution in [2.24, 2.45) is 0 Å². The average Bonchev–Trinajstić information content (AvgIpc) is 2.30. The topological polar surface area (TPSA) is 54.4 Å². The highest BCUT2D eigenvalue weighted by molar-refractivity contribution is 9.11. The highest BCUT2D eigenvalue weighted by atomic mass is 79.9. The molecule has 58 valence electrons. The molecule has 3 nitrogen and oxygen atoms in total. The summed E-state index contributed by atoms with van der Waals surface area (Å²) in [5.41, 5.74) is 0.0527. The van der Waals surface area contributed by atoms with Crippen molar-refractivity contribution in [3.63, 3.8) is 0 Å². The van der Waals surface area contributed by atoms with Crippen LogP contribution < -0.4 is 0 Å². The van der Waals surface area contributed by atoms with Crippen LogP contribution in [0.4, 0.5) is 0 Å². The molecule has 0 saturated carbocycles. The lowest BCUT2D eigenvalue weighted by molar-refractivity contribution is 0.0695. The fourth-order valence-electron chi connectivity index (χ4n) is 0.629. The van der Waals surface area contributed by atoms with Crippen molar-refractivity contribution in [2.75, 3.05) is 0 Å². The van der Waals surface area contributed by atoms with Gasteiger partial charge >= 0.3 is 5.97 Å². The SMILES string of the molecule is O=Cc1sc(Br)cc1C(=O)O. The quantitative estimate of drug-likeness (QED) is 0.797. The first kappa shape index (κ1) is 8.42. The first-order chi connectivity index (χ1) is 5.15. The van der Waals surface area contributed by atoms with Crippen molar-refractivity contribution in [3.8, 4) is 0 Å². The molecule has 5 heteroatoms. The van der Waals surface area contributed by atoms with Gasteiger partial charge in [0.25, 0.3) is 0 Å². The van der Waals surface area contributed by atoms with Crippen molar-refractivity contribution in [1.82, 2.24) is 0 Å². The molecule has 1 N–H and O–H groups in total. The van der Waals surface area contributed by atoms with E-state index in [1.165, 1.54) is 6.07 Å². The first-order valence-corrected chi connectivity index (χ1v) is 4.24. The summed E-state index contributed by atoms with van der Waals surface area (Å²) < 4.78 is 0.650. The van der Waals surface area contributed by atoms with Gasteiger partial charge in [-0.05, 0) is 22.0 Å². The van der Waals surface area contributed by atoms with Crippen LogP contribution in [0.15, 0.2) is 9.85 Å². The van der Waals surface area contributed by atoms with E-state index in [2.05, 4.69) is 15.9 Å². The summed E-state index contributed by atoms with van der Waals surface area (Å²) >= 11 is 4.20. The molecule has 0 saturated heterocycles. The molecule has 1 heterocycles. The van der Waals surface area contributed by atoms with Crippen LogP contribution in [-0.4, -0.2) is 17.4 Å². The van der Waals surface area contributed by atoms with Gasteiger partial charge in [-0.3, -0.25) is 4.79 Å². The van der Waals surface area contributed by atoms with Crippen LogP contribution in [0.5, 0.6) is 0 Å². The second kappa shape index (κ2) is 3.15. The van der Waals surface area contributed by atoms with Gasteiger partial charge in [-0.2, -0.15) is 0 Å². The van der Waals surface area contributed by atoms with Crippen LogP contribution in [0.25, 0.3) is 0 Å². The van der Waals surface area contributed by atoms with Crippen LogP contribution in [0.3, 0.4) is 0 Å². The summed E-state index contributed by atoms with van der Waals surface area (Å²) in [4.78, 5) is 20.9. The Bertz CT molecular complexity index is 305. The van der Waals surface area contributed by atoms with Gasteiger partial charge in [0.15, 0.2) is 6.29 Å². The molecule has 1 aromatic rings. The van der Waals surface area contributed by atoms with E-state index in [4.69, 9.17) is 5.11 Å². The van der Waals surface area contributed by atoms with Gasteiger partial charge in [-0.25, -0.2) is 4.79 Å². The highest BCUT2D eigenvalue weighted by Crippen LogP contribution is 2.25. The molecule has 0 aliphatic rings. The first-order valence-electron chi connectivity index (χ1n) is 2.63. The zero-order valence-corrected chi connectivity index (χ0v) is 7.61. The maximum absolute atomic E-state index is 10.4. The van der Waals surface area contributed by atoms with Gasteiger partial charge in [0.05, 0.1) is 14.2 Å². The number of carboxylic acids is 1. The monoisotopic (exact) mass is 234 g/mol. The zero-order valence-electron chi connectivity index (χ0n) is 5.20. The van der Waals surface area contributed by atoms with Crippen molar-refractivity contribution < 1.29 is 14.7 Å². The molecule has 0 fully saturated rings. The number of halogens is 1. The van der Waals surface area contributed by atoms with E-state index in [0.29, 0.717) is 10.1 Å². The molecule has 0 aromatic carbocycles. The smallest absolute Gasteiger partial charge is 0.337 e. The Balaban J connectivity index is 3.22. The predicted octanol–water partition coefficient (Wildman–Crippen LogP) is 2.02. The Morgan fingerprint density at radius 3 is 2.73 bits per heavy atom. The Kier molecular flexibility index (Phi) is 2.41. The van der Waals surface area contributed by atoms with Crippen LogP contribution in [0.2, 0.25) is 0 Å². The third-order valence-corrected chi connectivity index (χ3v) is 2.63. The summed E-state index contributed by atoms with van der Waals surface area (Å²) in [7, 11) is 0. The van der Waals surface area contributed by atoms with Crippen LogP contribution in [0, 0.1) is 0 Å². The van der Waals surface area contributed by atoms with Gasteiger partial charge < -0.3 is 5.11 Å². The number of aromatic carboxylic acids is 1. The lowest BCUT2D eigenvalue weighted by Crippen LogP contribution is -1.96. The van der Waals surface area contributed by atoms with Crippen molar-refractivity contribution in [3.05, 3.63) is 20.3 Å². The number of carbonyl (C=O) groups is 2. The minimum atomic E-state index is -1.07. The minimum Gasteiger partial charge on any atom is -0.478 e. The van der Waals surface area contributed by atoms with Crippen molar-refractivity contribution in [2.45, 2.75) is 0 Å². The van der Waals surface area contributed by atoms with E-state index in [-0.39, 0.29) is 10.4 Å². The minimum absolute atomic E-state index is 0.0527. The summed E-state index contributed by atoms with van der Waals surface area (Å²) in [5.74, 6) is -1.07. The zero-order chi connectivity index (χ0) is 8.43. The van der Waals surface area contributed by atoms with Gasteiger partial charge in [0, 0.05) is 0 Å². The molecule has 0 atom stereocenters. The summed E-state index contributed by atoms with van der Waals surface area (Å²) in [5, 5.41) is 8.54. The molecule has 0 aliphatic carbocycles. The largest absolute Gasteiger partial charge is 0.478 e. The predicted molar refractivity (Wildman–Crippen MR) is 44.4 cm³/mol. The van der Waals surface area contributed by atoms with E-state index >= 15 is 0 Å². The van der Waals surface area contributed by atoms with E-state index in [1.807, 2.05) is 0 Å². The summed E-state index contributed by atoms with van der Waals surface area (Å²) in [6.07, 6.45) is 0.541. The van der Waals surface area contributed by atoms with Gasteiger partial charge in [-0.1, -0.05) is 0 Å². The number of hydrogen-bond donors (Lipinski definition) is 1. The summed E-state index contributed by atoms with van der Waals surface area (Å²) in [6.45, 7) is 0. The Labute approximate surface area is 74.8 Å². The molecular formula is C6H3BrO3S. The molecule has 1 rings (SSSR count). The average molecular weight is 235 g/mol. The standard InChI is InChI=1S/C6H3BrO3S/c7-5-1-3(6(9)10)4(2-8)11-5/h1-2H,(H,9,10). The maximum Gasteiger partial charge on any atom is 0.337 e. The molecule has 1 aromatic heterocycles. The second-order valence-electron chi connectivity index (χ2n) is 1.75. The fourth-order valence-corrected chi connectivity index (χ4v) is 2.07. The van der Waals surface area contributed by atoms with E-state index in [1.54, 1.807) is 0 Å². The van der Waals surface area contributed by atoms with Crippen LogP contribution in [-0.2, 0) is 0 Å². The molecule has 0 unspecified atom stereocenters. The molecular weight excluding hydrogens is 232 g/mol. The normalized spacial score (nSPS) is 9.55. The molecule has 0 spiro atoms. The number of aldehydes is 1. The highest BCUT2D eigenvalue weighted by Gasteiger charge is 2.12. The lowest BCUT2D eigenvalue weighted by atomic mass is 10.3. The Morgan fingerprint density at radius 2 is 2.36 bits per heavy atom. The number of rotatable bonds is 2. The van der Waals surface area contributed by atoms with E-state index in [0.717, 1.165) is 11.3 Å². The Morgan fingerprint density at radius 1 is 1.73 bits per heavy atom. The molecule has 0 aliphatic heterocycles. The molecule has 11 heavy (non-hydrogen) atoms. The summed E-state index contributed by atoms with van der Waals surface area (Å²) in [6, 6.07) is 1.41. The van der Waals surface area contributed by atoms with Gasteiger partial charge in [0.2, 0.25) is 0 Å².